The van der Waals surface area contributed by atoms with Crippen LogP contribution in [0.4, 0.5) is 0 Å². The first-order valence-corrected chi connectivity index (χ1v) is 10.3. The summed E-state index contributed by atoms with van der Waals surface area (Å²) in [5.74, 6) is 0.569. The van der Waals surface area contributed by atoms with E-state index in [-0.39, 0.29) is 12.3 Å². The molecule has 4 heteroatoms. The molecule has 0 aliphatic heterocycles. The first-order chi connectivity index (χ1) is 13.6. The van der Waals surface area contributed by atoms with E-state index in [1.165, 1.54) is 19.3 Å². The molecule has 0 atom stereocenters. The molecule has 0 spiro atoms. The average Bonchev–Trinajstić information content (AvgIpc) is 3.02. The van der Waals surface area contributed by atoms with Gasteiger partial charge in [-0.3, -0.25) is 4.79 Å². The van der Waals surface area contributed by atoms with Crippen LogP contribution in [0.2, 0.25) is 0 Å². The molecule has 28 heavy (non-hydrogen) atoms. The number of amides is 1. The number of hydrogen-bond donors (Lipinski definition) is 1. The number of fused-ring (bicyclic) bond motifs is 1. The van der Waals surface area contributed by atoms with Gasteiger partial charge in [-0.25, -0.2) is 0 Å². The molecule has 0 aliphatic carbocycles. The van der Waals surface area contributed by atoms with Gasteiger partial charge in [0.15, 0.2) is 0 Å². The molecule has 3 aromatic rings. The van der Waals surface area contributed by atoms with Crippen molar-refractivity contribution in [1.29, 1.82) is 0 Å². The van der Waals surface area contributed by atoms with Crippen molar-refractivity contribution in [1.82, 2.24) is 4.57 Å². The van der Waals surface area contributed by atoms with Crippen molar-refractivity contribution in [3.05, 3.63) is 54.2 Å². The molecule has 0 fully saturated rings. The molecule has 0 radical (unpaired) electrons. The number of aryl methyl sites for hydroxylation is 1. The van der Waals surface area contributed by atoms with Gasteiger partial charge in [0.2, 0.25) is 5.91 Å². The zero-order valence-electron chi connectivity index (χ0n) is 16.9. The van der Waals surface area contributed by atoms with Gasteiger partial charge in [-0.2, -0.15) is 0 Å². The van der Waals surface area contributed by atoms with E-state index < -0.39 is 0 Å². The Labute approximate surface area is 167 Å². The van der Waals surface area contributed by atoms with E-state index in [4.69, 9.17) is 10.5 Å². The fraction of sp³-hybridized carbons (Fsp3) is 0.375. The highest BCUT2D eigenvalue weighted by molar-refractivity contribution is 5.92. The van der Waals surface area contributed by atoms with Crippen molar-refractivity contribution in [2.75, 3.05) is 6.61 Å². The third kappa shape index (κ3) is 4.75. The Morgan fingerprint density at radius 1 is 1.04 bits per heavy atom. The smallest absolute Gasteiger partial charge is 0.221 e. The van der Waals surface area contributed by atoms with Crippen molar-refractivity contribution < 1.29 is 9.53 Å². The molecule has 2 aromatic carbocycles. The number of primary amides is 1. The first-order valence-electron chi connectivity index (χ1n) is 10.3. The van der Waals surface area contributed by atoms with E-state index in [9.17, 15) is 4.79 Å². The van der Waals surface area contributed by atoms with Gasteiger partial charge in [-0.05, 0) is 54.3 Å². The third-order valence-corrected chi connectivity index (χ3v) is 5.06. The molecule has 0 aliphatic rings. The van der Waals surface area contributed by atoms with Crippen LogP contribution in [0.1, 0.15) is 45.1 Å². The molecule has 1 amide bonds. The number of aromatic nitrogens is 1. The Bertz CT molecular complexity index is 943. The van der Waals surface area contributed by atoms with Crippen LogP contribution in [0.25, 0.3) is 22.0 Å². The SMILES string of the molecule is CCCCCCn1cc(CC(N)=O)c2cc(-c3cccc(OCC)c3)ccc21. The van der Waals surface area contributed by atoms with Crippen LogP contribution in [0.3, 0.4) is 0 Å². The van der Waals surface area contributed by atoms with E-state index >= 15 is 0 Å². The summed E-state index contributed by atoms with van der Waals surface area (Å²) in [6, 6.07) is 14.6. The Balaban J connectivity index is 1.96. The molecular formula is C24H30N2O2. The van der Waals surface area contributed by atoms with Gasteiger partial charge >= 0.3 is 0 Å². The van der Waals surface area contributed by atoms with E-state index in [1.807, 2.05) is 19.1 Å². The number of unbranched alkanes of at least 4 members (excludes halogenated alkanes) is 3. The second-order valence-electron chi connectivity index (χ2n) is 7.24. The Morgan fingerprint density at radius 3 is 2.61 bits per heavy atom. The minimum absolute atomic E-state index is 0.265. The van der Waals surface area contributed by atoms with E-state index in [2.05, 4.69) is 48.0 Å². The van der Waals surface area contributed by atoms with Crippen LogP contribution in [0.15, 0.2) is 48.7 Å². The number of benzene rings is 2. The number of rotatable bonds is 10. The summed E-state index contributed by atoms with van der Waals surface area (Å²) < 4.78 is 7.90. The lowest BCUT2D eigenvalue weighted by molar-refractivity contribution is -0.117. The van der Waals surface area contributed by atoms with Gasteiger partial charge in [0, 0.05) is 23.6 Å². The molecule has 0 bridgehead atoms. The second-order valence-corrected chi connectivity index (χ2v) is 7.24. The minimum atomic E-state index is -0.297. The molecule has 1 aromatic heterocycles. The molecule has 0 unspecified atom stereocenters. The summed E-state index contributed by atoms with van der Waals surface area (Å²) in [6.07, 6.45) is 7.22. The Kier molecular flexibility index (Phi) is 6.75. The van der Waals surface area contributed by atoms with Crippen LogP contribution in [0, 0.1) is 0 Å². The number of carbonyl (C=O) groups excluding carboxylic acids is 1. The van der Waals surface area contributed by atoms with Gasteiger partial charge < -0.3 is 15.0 Å². The van der Waals surface area contributed by atoms with Crippen molar-refractivity contribution in [3.8, 4) is 16.9 Å². The highest BCUT2D eigenvalue weighted by Crippen LogP contribution is 2.30. The van der Waals surface area contributed by atoms with Crippen LogP contribution >= 0.6 is 0 Å². The molecular weight excluding hydrogens is 348 g/mol. The lowest BCUT2D eigenvalue weighted by Crippen LogP contribution is -2.13. The molecule has 2 N–H and O–H groups in total. The summed E-state index contributed by atoms with van der Waals surface area (Å²) >= 11 is 0. The van der Waals surface area contributed by atoms with Crippen LogP contribution in [0.5, 0.6) is 5.75 Å². The van der Waals surface area contributed by atoms with Crippen LogP contribution in [-0.2, 0) is 17.8 Å². The van der Waals surface area contributed by atoms with Crippen molar-refractivity contribution in [3.63, 3.8) is 0 Å². The topological polar surface area (TPSA) is 57.2 Å². The zero-order chi connectivity index (χ0) is 19.9. The molecule has 4 nitrogen and oxygen atoms in total. The maximum Gasteiger partial charge on any atom is 0.221 e. The van der Waals surface area contributed by atoms with Gasteiger partial charge in [0.25, 0.3) is 0 Å². The lowest BCUT2D eigenvalue weighted by Gasteiger charge is -2.08. The fourth-order valence-corrected chi connectivity index (χ4v) is 3.71. The zero-order valence-corrected chi connectivity index (χ0v) is 16.9. The summed E-state index contributed by atoms with van der Waals surface area (Å²) in [5.41, 5.74) is 9.89. The number of nitrogens with two attached hydrogens (primary N) is 1. The number of nitrogens with zero attached hydrogens (tertiary/aromatic N) is 1. The molecule has 1 heterocycles. The molecule has 0 saturated heterocycles. The normalized spacial score (nSPS) is 11.1. The maximum absolute atomic E-state index is 11.6. The molecule has 148 valence electrons. The predicted octanol–water partition coefficient (Wildman–Crippen LogP) is 5.32. The molecule has 3 rings (SSSR count). The molecule has 0 saturated carbocycles. The maximum atomic E-state index is 11.6. The van der Waals surface area contributed by atoms with Crippen molar-refractivity contribution >= 4 is 16.8 Å². The van der Waals surface area contributed by atoms with E-state index in [0.717, 1.165) is 46.3 Å². The minimum Gasteiger partial charge on any atom is -0.494 e. The predicted molar refractivity (Wildman–Crippen MR) is 116 cm³/mol. The summed E-state index contributed by atoms with van der Waals surface area (Å²) in [4.78, 5) is 11.6. The van der Waals surface area contributed by atoms with Gasteiger partial charge in [-0.1, -0.05) is 44.4 Å². The first kappa shape index (κ1) is 20.0. The van der Waals surface area contributed by atoms with E-state index in [0.29, 0.717) is 6.61 Å². The monoisotopic (exact) mass is 378 g/mol. The highest BCUT2D eigenvalue weighted by atomic mass is 16.5. The number of ether oxygens (including phenoxy) is 1. The summed E-state index contributed by atoms with van der Waals surface area (Å²) in [7, 11) is 0. The fourth-order valence-electron chi connectivity index (χ4n) is 3.71. The Morgan fingerprint density at radius 2 is 1.86 bits per heavy atom. The quantitative estimate of drug-likeness (QED) is 0.486. The number of carbonyl (C=O) groups is 1. The standard InChI is InChI=1S/C24H30N2O2/c1-3-5-6-7-13-26-17-20(16-24(25)27)22-15-19(11-12-23(22)26)18-9-8-10-21(14-18)28-4-2/h8-12,14-15,17H,3-7,13,16H2,1-2H3,(H2,25,27). The van der Waals surface area contributed by atoms with Gasteiger partial charge in [0.1, 0.15) is 5.75 Å². The average molecular weight is 379 g/mol. The largest absolute Gasteiger partial charge is 0.494 e. The van der Waals surface area contributed by atoms with Crippen molar-refractivity contribution in [2.45, 2.75) is 52.5 Å². The van der Waals surface area contributed by atoms with Crippen LogP contribution < -0.4 is 10.5 Å². The van der Waals surface area contributed by atoms with Crippen LogP contribution in [-0.4, -0.2) is 17.1 Å². The van der Waals surface area contributed by atoms with Gasteiger partial charge in [-0.15, -0.1) is 0 Å². The van der Waals surface area contributed by atoms with Gasteiger partial charge in [0.05, 0.1) is 13.0 Å². The second kappa shape index (κ2) is 9.45. The summed E-state index contributed by atoms with van der Waals surface area (Å²) in [6.45, 7) is 5.82. The Hall–Kier alpha value is -2.75. The number of hydrogen-bond acceptors (Lipinski definition) is 2. The summed E-state index contributed by atoms with van der Waals surface area (Å²) in [5, 5.41) is 1.11. The lowest BCUT2D eigenvalue weighted by atomic mass is 10.0. The van der Waals surface area contributed by atoms with Crippen molar-refractivity contribution in [2.24, 2.45) is 5.73 Å². The third-order valence-electron chi connectivity index (χ3n) is 5.06. The highest BCUT2D eigenvalue weighted by Gasteiger charge is 2.12. The van der Waals surface area contributed by atoms with E-state index in [1.54, 1.807) is 0 Å².